The molecular formula is C14H26O19S3. The Hall–Kier alpha value is -0.670. The van der Waals surface area contributed by atoms with Crippen molar-refractivity contribution in [2.24, 2.45) is 0 Å². The molecule has 0 radical (unpaired) electrons. The van der Waals surface area contributed by atoms with Gasteiger partial charge in [-0.05, 0) is 6.92 Å². The van der Waals surface area contributed by atoms with Crippen LogP contribution >= 0.6 is 0 Å². The molecule has 22 heteroatoms. The van der Waals surface area contributed by atoms with Crippen molar-refractivity contribution in [1.82, 2.24) is 0 Å². The fourth-order valence-electron chi connectivity index (χ4n) is 3.68. The molecule has 10 atom stereocenters. The van der Waals surface area contributed by atoms with Crippen molar-refractivity contribution in [2.75, 3.05) is 20.3 Å². The number of ether oxygens (including phenoxy) is 4. The van der Waals surface area contributed by atoms with E-state index in [2.05, 4.69) is 12.5 Å². The summed E-state index contributed by atoms with van der Waals surface area (Å²) in [5, 5.41) is 30.9. The average molecular weight is 595 g/mol. The molecule has 0 aromatic carbocycles. The zero-order chi connectivity index (χ0) is 27.6. The minimum absolute atomic E-state index is 0.975. The number of aliphatic hydroxyl groups is 3. The molecule has 19 nitrogen and oxygen atoms in total. The van der Waals surface area contributed by atoms with Gasteiger partial charge in [-0.3, -0.25) is 13.7 Å². The molecule has 36 heavy (non-hydrogen) atoms. The molecule has 2 aliphatic heterocycles. The number of rotatable bonds is 11. The van der Waals surface area contributed by atoms with Gasteiger partial charge in [0.05, 0.1) is 19.3 Å². The summed E-state index contributed by atoms with van der Waals surface area (Å²) in [6, 6.07) is 0. The van der Waals surface area contributed by atoms with Crippen LogP contribution in [0.4, 0.5) is 0 Å². The first-order valence-electron chi connectivity index (χ1n) is 9.76. The zero-order valence-corrected chi connectivity index (χ0v) is 20.9. The van der Waals surface area contributed by atoms with Gasteiger partial charge in [0.25, 0.3) is 0 Å². The van der Waals surface area contributed by atoms with E-state index in [0.717, 1.165) is 7.11 Å². The van der Waals surface area contributed by atoms with E-state index in [9.17, 15) is 40.6 Å². The van der Waals surface area contributed by atoms with Crippen LogP contribution in [0.2, 0.25) is 0 Å². The van der Waals surface area contributed by atoms with Crippen LogP contribution < -0.4 is 0 Å². The van der Waals surface area contributed by atoms with E-state index < -0.39 is 106 Å². The SMILES string of the molecule is CO[C@@H]1C(O)[C@H](O[C@H]2C(COS(=O)(=O)O)O[C@H](C)C(OS(=O)(=O)O)[C@H]2O)OC(CO)[C@@H]1OS(=O)(=O)O. The van der Waals surface area contributed by atoms with E-state index in [1.807, 2.05) is 0 Å². The number of methoxy groups -OCH3 is 1. The maximum absolute atomic E-state index is 11.2. The van der Waals surface area contributed by atoms with Crippen molar-refractivity contribution in [3.05, 3.63) is 0 Å². The summed E-state index contributed by atoms with van der Waals surface area (Å²) < 4.78 is 128. The Morgan fingerprint density at radius 1 is 0.750 bits per heavy atom. The Morgan fingerprint density at radius 2 is 1.31 bits per heavy atom. The minimum Gasteiger partial charge on any atom is -0.394 e. The summed E-state index contributed by atoms with van der Waals surface area (Å²) in [4.78, 5) is 0. The number of hydrogen-bond donors (Lipinski definition) is 6. The average Bonchev–Trinajstić information content (AvgIpc) is 2.71. The predicted molar refractivity (Wildman–Crippen MR) is 108 cm³/mol. The molecule has 2 fully saturated rings. The molecule has 2 saturated heterocycles. The summed E-state index contributed by atoms with van der Waals surface area (Å²) in [5.41, 5.74) is 0. The summed E-state index contributed by atoms with van der Waals surface area (Å²) >= 11 is 0. The van der Waals surface area contributed by atoms with E-state index in [-0.39, 0.29) is 0 Å². The highest BCUT2D eigenvalue weighted by Gasteiger charge is 2.53. The van der Waals surface area contributed by atoms with E-state index in [0.29, 0.717) is 0 Å². The van der Waals surface area contributed by atoms with Crippen molar-refractivity contribution in [3.63, 3.8) is 0 Å². The lowest BCUT2D eigenvalue weighted by molar-refractivity contribution is -0.339. The van der Waals surface area contributed by atoms with Crippen LogP contribution in [0.3, 0.4) is 0 Å². The van der Waals surface area contributed by atoms with Crippen LogP contribution in [0.1, 0.15) is 6.92 Å². The second kappa shape index (κ2) is 12.0. The molecule has 0 aromatic rings. The topological polar surface area (TPSA) is 288 Å². The quantitative estimate of drug-likeness (QED) is 0.124. The second-order valence-electron chi connectivity index (χ2n) is 7.58. The Kier molecular flexibility index (Phi) is 10.5. The largest absolute Gasteiger partial charge is 0.397 e. The number of aliphatic hydroxyl groups excluding tert-OH is 3. The molecule has 0 saturated carbocycles. The molecule has 2 aliphatic rings. The first kappa shape index (κ1) is 31.5. The highest BCUT2D eigenvalue weighted by Crippen LogP contribution is 2.32. The zero-order valence-electron chi connectivity index (χ0n) is 18.4. The van der Waals surface area contributed by atoms with Crippen LogP contribution in [0.15, 0.2) is 0 Å². The van der Waals surface area contributed by atoms with Crippen LogP contribution in [-0.2, 0) is 62.7 Å². The first-order chi connectivity index (χ1) is 16.4. The standard InChI is InChI=1S/C14H26O19S3/c1-5-10(32-35(21,22)23)8(16)11(7(29-5)4-28-34(18,19)20)31-14-9(17)13(27-2)12(6(3-15)30-14)33-36(24,25)26/h5-17H,3-4H2,1-2H3,(H,18,19,20)(H,21,22,23)(H,24,25,26)/t5-,6?,7?,8-,9?,10?,11+,12+,13-,14+/m1/s1. The van der Waals surface area contributed by atoms with Gasteiger partial charge in [0.15, 0.2) is 6.29 Å². The highest BCUT2D eigenvalue weighted by molar-refractivity contribution is 7.81. The van der Waals surface area contributed by atoms with Gasteiger partial charge in [0, 0.05) is 7.11 Å². The molecule has 4 unspecified atom stereocenters. The smallest absolute Gasteiger partial charge is 0.394 e. The van der Waals surface area contributed by atoms with Gasteiger partial charge in [-0.15, -0.1) is 0 Å². The van der Waals surface area contributed by atoms with Gasteiger partial charge in [-0.25, -0.2) is 12.5 Å². The molecule has 2 rings (SSSR count). The monoisotopic (exact) mass is 594 g/mol. The fraction of sp³-hybridized carbons (Fsp3) is 1.00. The molecule has 0 amide bonds. The van der Waals surface area contributed by atoms with E-state index in [1.165, 1.54) is 6.92 Å². The highest BCUT2D eigenvalue weighted by atomic mass is 32.3. The summed E-state index contributed by atoms with van der Waals surface area (Å²) in [6.45, 7) is -0.823. The lowest BCUT2D eigenvalue weighted by Crippen LogP contribution is -2.65. The van der Waals surface area contributed by atoms with E-state index in [4.69, 9.17) is 32.6 Å². The Labute approximate surface area is 205 Å². The Bertz CT molecular complexity index is 1040. The summed E-state index contributed by atoms with van der Waals surface area (Å²) in [6.07, 6.45) is -17.7. The van der Waals surface area contributed by atoms with Gasteiger partial charge in [0.2, 0.25) is 0 Å². The van der Waals surface area contributed by atoms with Crippen molar-refractivity contribution in [2.45, 2.75) is 68.1 Å². The van der Waals surface area contributed by atoms with Crippen LogP contribution in [0.25, 0.3) is 0 Å². The van der Waals surface area contributed by atoms with Crippen LogP contribution in [-0.4, -0.2) is 136 Å². The van der Waals surface area contributed by atoms with Gasteiger partial charge >= 0.3 is 31.2 Å². The molecule has 0 aromatic heterocycles. The molecular weight excluding hydrogens is 568 g/mol. The van der Waals surface area contributed by atoms with Crippen LogP contribution in [0.5, 0.6) is 0 Å². The Morgan fingerprint density at radius 3 is 1.78 bits per heavy atom. The maximum Gasteiger partial charge on any atom is 0.397 e. The van der Waals surface area contributed by atoms with Gasteiger partial charge in [-0.2, -0.15) is 25.3 Å². The van der Waals surface area contributed by atoms with E-state index in [1.54, 1.807) is 0 Å². The second-order valence-corrected chi connectivity index (χ2v) is 10.8. The summed E-state index contributed by atoms with van der Waals surface area (Å²) in [5.74, 6) is 0. The Balaban J connectivity index is 2.36. The molecule has 0 spiro atoms. The normalized spacial score (nSPS) is 38.7. The van der Waals surface area contributed by atoms with Crippen molar-refractivity contribution in [3.8, 4) is 0 Å². The predicted octanol–water partition coefficient (Wildman–Crippen LogP) is -4.19. The third-order valence-electron chi connectivity index (χ3n) is 5.10. The fourth-order valence-corrected chi connectivity index (χ4v) is 5.05. The third kappa shape index (κ3) is 8.69. The van der Waals surface area contributed by atoms with Gasteiger partial charge < -0.3 is 34.3 Å². The lowest BCUT2D eigenvalue weighted by Gasteiger charge is -2.47. The maximum atomic E-state index is 11.2. The minimum atomic E-state index is -5.15. The molecule has 0 aliphatic carbocycles. The first-order valence-corrected chi connectivity index (χ1v) is 13.9. The van der Waals surface area contributed by atoms with Gasteiger partial charge in [0.1, 0.15) is 48.8 Å². The number of hydrogen-bond acceptors (Lipinski definition) is 16. The van der Waals surface area contributed by atoms with Crippen molar-refractivity contribution in [1.29, 1.82) is 0 Å². The summed E-state index contributed by atoms with van der Waals surface area (Å²) in [7, 11) is -14.3. The van der Waals surface area contributed by atoms with Crippen LogP contribution in [0, 0.1) is 0 Å². The van der Waals surface area contributed by atoms with Crippen molar-refractivity contribution >= 4 is 31.2 Å². The third-order valence-corrected chi connectivity index (χ3v) is 6.46. The lowest BCUT2D eigenvalue weighted by atomic mass is 9.95. The molecule has 6 N–H and O–H groups in total. The van der Waals surface area contributed by atoms with Crippen molar-refractivity contribution < 1.29 is 85.7 Å². The molecule has 0 bridgehead atoms. The molecule has 214 valence electrons. The molecule has 2 heterocycles. The van der Waals surface area contributed by atoms with Gasteiger partial charge in [-0.1, -0.05) is 0 Å². The van der Waals surface area contributed by atoms with E-state index >= 15 is 0 Å².